The first-order chi connectivity index (χ1) is 12.5. The number of carbonyl (C=O) groups excluding carboxylic acids is 1. The first-order valence-electron chi connectivity index (χ1n) is 9.77. The number of urea groups is 1. The number of ether oxygens (including phenoxy) is 1. The lowest BCUT2D eigenvalue weighted by Crippen LogP contribution is -2.38. The van der Waals surface area contributed by atoms with E-state index < -0.39 is 0 Å². The molecule has 2 amide bonds. The summed E-state index contributed by atoms with van der Waals surface area (Å²) in [6.07, 6.45) is 3.59. The quantitative estimate of drug-likeness (QED) is 0.657. The van der Waals surface area contributed by atoms with Gasteiger partial charge in [0.1, 0.15) is 0 Å². The molecule has 148 valence electrons. The number of likely N-dealkylation sites (tertiary alicyclic amines) is 1. The van der Waals surface area contributed by atoms with Gasteiger partial charge in [-0.25, -0.2) is 4.79 Å². The van der Waals surface area contributed by atoms with Crippen LogP contribution in [0.5, 0.6) is 0 Å². The highest BCUT2D eigenvalue weighted by Gasteiger charge is 2.15. The topological polar surface area (TPSA) is 71.4 Å². The number of nitrogens with zero attached hydrogens (tertiary/aromatic N) is 3. The Kier molecular flexibility index (Phi) is 8.38. The molecule has 0 atom stereocenters. The van der Waals surface area contributed by atoms with Gasteiger partial charge >= 0.3 is 6.03 Å². The molecule has 1 aromatic rings. The third-order valence-corrected chi connectivity index (χ3v) is 5.28. The zero-order valence-corrected chi connectivity index (χ0v) is 16.8. The standard InChI is InChI=1S/C19H35N5O2/c1-15-6-10-23(11-7-15)9-5-8-20-19(25)21-14-18-16(2)22-24(17(18)3)12-13-26-4/h15H,5-14H2,1-4H3,(H2,20,21,25). The van der Waals surface area contributed by atoms with E-state index in [2.05, 4.69) is 27.6 Å². The maximum Gasteiger partial charge on any atom is 0.315 e. The Morgan fingerprint density at radius 2 is 1.96 bits per heavy atom. The molecule has 2 N–H and O–H groups in total. The fraction of sp³-hybridized carbons (Fsp3) is 0.789. The monoisotopic (exact) mass is 365 g/mol. The molecule has 0 unspecified atom stereocenters. The third kappa shape index (κ3) is 6.29. The van der Waals surface area contributed by atoms with Gasteiger partial charge in [-0.1, -0.05) is 6.92 Å². The molecule has 2 heterocycles. The average molecular weight is 366 g/mol. The van der Waals surface area contributed by atoms with Crippen LogP contribution in [0.4, 0.5) is 4.79 Å². The van der Waals surface area contributed by atoms with Crippen LogP contribution in [0.2, 0.25) is 0 Å². The molecule has 1 aliphatic heterocycles. The molecule has 0 aliphatic carbocycles. The lowest BCUT2D eigenvalue weighted by atomic mass is 9.99. The molecule has 7 nitrogen and oxygen atoms in total. The summed E-state index contributed by atoms with van der Waals surface area (Å²) in [6.45, 7) is 12.4. The Labute approximate surface area is 157 Å². The van der Waals surface area contributed by atoms with Crippen molar-refractivity contribution in [2.24, 2.45) is 5.92 Å². The van der Waals surface area contributed by atoms with Crippen LogP contribution in [-0.4, -0.2) is 60.6 Å². The second-order valence-electron chi connectivity index (χ2n) is 7.35. The van der Waals surface area contributed by atoms with E-state index in [9.17, 15) is 4.79 Å². The van der Waals surface area contributed by atoms with Crippen molar-refractivity contribution in [2.75, 3.05) is 39.9 Å². The number of hydrogen-bond acceptors (Lipinski definition) is 4. The van der Waals surface area contributed by atoms with Crippen LogP contribution in [0.3, 0.4) is 0 Å². The zero-order chi connectivity index (χ0) is 18.9. The fourth-order valence-electron chi connectivity index (χ4n) is 3.41. The molecular weight excluding hydrogens is 330 g/mol. The SMILES string of the molecule is COCCn1nc(C)c(CNC(=O)NCCCN2CCC(C)CC2)c1C. The molecule has 7 heteroatoms. The predicted octanol–water partition coefficient (Wildman–Crippen LogP) is 2.07. The molecule has 2 rings (SSSR count). The van der Waals surface area contributed by atoms with E-state index in [0.29, 0.717) is 19.7 Å². The van der Waals surface area contributed by atoms with E-state index in [0.717, 1.165) is 42.4 Å². The Hall–Kier alpha value is -1.60. The Morgan fingerprint density at radius 1 is 1.23 bits per heavy atom. The van der Waals surface area contributed by atoms with E-state index in [1.807, 2.05) is 18.5 Å². The highest BCUT2D eigenvalue weighted by molar-refractivity contribution is 5.73. The Morgan fingerprint density at radius 3 is 2.65 bits per heavy atom. The number of amides is 2. The van der Waals surface area contributed by atoms with Gasteiger partial charge in [-0.3, -0.25) is 4.68 Å². The van der Waals surface area contributed by atoms with Gasteiger partial charge in [0, 0.05) is 31.5 Å². The molecule has 1 aromatic heterocycles. The van der Waals surface area contributed by atoms with E-state index in [4.69, 9.17) is 4.74 Å². The average Bonchev–Trinajstić information content (AvgIpc) is 2.90. The third-order valence-electron chi connectivity index (χ3n) is 5.28. The molecule has 0 saturated carbocycles. The number of carbonyl (C=O) groups is 1. The highest BCUT2D eigenvalue weighted by Crippen LogP contribution is 2.15. The van der Waals surface area contributed by atoms with Crippen LogP contribution in [0.15, 0.2) is 0 Å². The lowest BCUT2D eigenvalue weighted by Gasteiger charge is -2.30. The molecule has 1 aliphatic rings. The summed E-state index contributed by atoms with van der Waals surface area (Å²) in [4.78, 5) is 14.5. The zero-order valence-electron chi connectivity index (χ0n) is 16.8. The van der Waals surface area contributed by atoms with E-state index in [-0.39, 0.29) is 6.03 Å². The molecule has 1 fully saturated rings. The second kappa shape index (κ2) is 10.5. The Balaban J connectivity index is 1.65. The van der Waals surface area contributed by atoms with Crippen LogP contribution in [-0.2, 0) is 17.8 Å². The van der Waals surface area contributed by atoms with Crippen LogP contribution in [0.25, 0.3) is 0 Å². The number of methoxy groups -OCH3 is 1. The van der Waals surface area contributed by atoms with E-state index in [1.54, 1.807) is 7.11 Å². The van der Waals surface area contributed by atoms with Crippen molar-refractivity contribution in [3.05, 3.63) is 17.0 Å². The number of piperidine rings is 1. The van der Waals surface area contributed by atoms with E-state index in [1.165, 1.54) is 25.9 Å². The lowest BCUT2D eigenvalue weighted by molar-refractivity contribution is 0.182. The van der Waals surface area contributed by atoms with Gasteiger partial charge in [0.05, 0.1) is 18.8 Å². The summed E-state index contributed by atoms with van der Waals surface area (Å²) in [7, 11) is 1.68. The molecule has 0 bridgehead atoms. The molecule has 0 spiro atoms. The van der Waals surface area contributed by atoms with Crippen molar-refractivity contribution < 1.29 is 9.53 Å². The number of rotatable bonds is 9. The summed E-state index contributed by atoms with van der Waals surface area (Å²) in [6, 6.07) is -0.110. The van der Waals surface area contributed by atoms with Crippen molar-refractivity contribution in [1.29, 1.82) is 0 Å². The van der Waals surface area contributed by atoms with E-state index >= 15 is 0 Å². The Bertz CT molecular complexity index is 565. The predicted molar refractivity (Wildman–Crippen MR) is 103 cm³/mol. The van der Waals surface area contributed by atoms with Gasteiger partial charge in [-0.15, -0.1) is 0 Å². The van der Waals surface area contributed by atoms with Crippen molar-refractivity contribution in [2.45, 2.75) is 53.1 Å². The summed E-state index contributed by atoms with van der Waals surface area (Å²) in [5, 5.41) is 10.4. The minimum Gasteiger partial charge on any atom is -0.383 e. The van der Waals surface area contributed by atoms with Gasteiger partial charge in [-0.2, -0.15) is 5.10 Å². The molecule has 0 radical (unpaired) electrons. The summed E-state index contributed by atoms with van der Waals surface area (Å²) < 4.78 is 7.05. The first kappa shape index (κ1) is 20.7. The largest absolute Gasteiger partial charge is 0.383 e. The fourth-order valence-corrected chi connectivity index (χ4v) is 3.41. The first-order valence-corrected chi connectivity index (χ1v) is 9.77. The summed E-state index contributed by atoms with van der Waals surface area (Å²) >= 11 is 0. The number of nitrogens with one attached hydrogen (secondary N) is 2. The molecule has 26 heavy (non-hydrogen) atoms. The van der Waals surface area contributed by atoms with Crippen molar-refractivity contribution in [1.82, 2.24) is 25.3 Å². The normalized spacial score (nSPS) is 16.0. The van der Waals surface area contributed by atoms with Gasteiger partial charge in [-0.05, 0) is 58.7 Å². The number of aromatic nitrogens is 2. The van der Waals surface area contributed by atoms with Crippen LogP contribution in [0.1, 0.15) is 43.1 Å². The van der Waals surface area contributed by atoms with Crippen LogP contribution >= 0.6 is 0 Å². The number of aryl methyl sites for hydroxylation is 1. The van der Waals surface area contributed by atoms with Gasteiger partial charge in [0.25, 0.3) is 0 Å². The minimum atomic E-state index is -0.110. The van der Waals surface area contributed by atoms with Crippen LogP contribution in [0, 0.1) is 19.8 Å². The number of hydrogen-bond donors (Lipinski definition) is 2. The molecule has 0 aromatic carbocycles. The van der Waals surface area contributed by atoms with Gasteiger partial charge in [0.15, 0.2) is 0 Å². The van der Waals surface area contributed by atoms with Crippen molar-refractivity contribution in [3.63, 3.8) is 0 Å². The highest BCUT2D eigenvalue weighted by atomic mass is 16.5. The molecular formula is C19H35N5O2. The molecule has 1 saturated heterocycles. The van der Waals surface area contributed by atoms with Crippen molar-refractivity contribution in [3.8, 4) is 0 Å². The van der Waals surface area contributed by atoms with Crippen LogP contribution < -0.4 is 10.6 Å². The minimum absolute atomic E-state index is 0.110. The van der Waals surface area contributed by atoms with Gasteiger partial charge in [0.2, 0.25) is 0 Å². The summed E-state index contributed by atoms with van der Waals surface area (Å²) in [5.41, 5.74) is 3.12. The smallest absolute Gasteiger partial charge is 0.315 e. The maximum atomic E-state index is 12.0. The maximum absolute atomic E-state index is 12.0. The van der Waals surface area contributed by atoms with Crippen molar-refractivity contribution >= 4 is 6.03 Å². The summed E-state index contributed by atoms with van der Waals surface area (Å²) in [5.74, 6) is 0.862. The second-order valence-corrected chi connectivity index (χ2v) is 7.35. The van der Waals surface area contributed by atoms with Gasteiger partial charge < -0.3 is 20.3 Å².